The van der Waals surface area contributed by atoms with Crippen LogP contribution in [0.25, 0.3) is 0 Å². The van der Waals surface area contributed by atoms with Crippen molar-refractivity contribution in [2.45, 2.75) is 33.4 Å². The Morgan fingerprint density at radius 2 is 2.00 bits per heavy atom. The van der Waals surface area contributed by atoms with Crippen molar-refractivity contribution in [3.05, 3.63) is 0 Å². The van der Waals surface area contributed by atoms with Gasteiger partial charge in [0.15, 0.2) is 0 Å². The van der Waals surface area contributed by atoms with Crippen molar-refractivity contribution in [1.29, 1.82) is 0 Å². The number of hydrogen-bond donors (Lipinski definition) is 1. The third-order valence-corrected chi connectivity index (χ3v) is 1.17. The van der Waals surface area contributed by atoms with Gasteiger partial charge in [-0.3, -0.25) is 0 Å². The van der Waals surface area contributed by atoms with E-state index in [1.54, 1.807) is 0 Å². The first-order valence-electron chi connectivity index (χ1n) is 3.55. The van der Waals surface area contributed by atoms with E-state index in [0.717, 1.165) is 13.0 Å². The molecule has 0 aromatic rings. The summed E-state index contributed by atoms with van der Waals surface area (Å²) in [5.41, 5.74) is 5.58. The molecule has 0 saturated carbocycles. The molecule has 1 atom stereocenters. The zero-order valence-electron chi connectivity index (χ0n) is 6.55. The summed E-state index contributed by atoms with van der Waals surface area (Å²) in [6.45, 7) is 6.97. The average molecular weight is 131 g/mol. The summed E-state index contributed by atoms with van der Waals surface area (Å²) in [5.74, 6) is 0.427. The molecule has 0 aromatic carbocycles. The van der Waals surface area contributed by atoms with Crippen LogP contribution < -0.4 is 5.73 Å². The maximum atomic E-state index is 5.58. The van der Waals surface area contributed by atoms with Gasteiger partial charge < -0.3 is 10.5 Å². The Kier molecular flexibility index (Phi) is 4.72. The predicted molar refractivity (Wildman–Crippen MR) is 39.1 cm³/mol. The van der Waals surface area contributed by atoms with Gasteiger partial charge in [-0.25, -0.2) is 0 Å². The minimum Gasteiger partial charge on any atom is -0.363 e. The van der Waals surface area contributed by atoms with E-state index in [4.69, 9.17) is 10.5 Å². The van der Waals surface area contributed by atoms with E-state index in [1.807, 2.05) is 0 Å². The molecule has 2 nitrogen and oxygen atoms in total. The van der Waals surface area contributed by atoms with E-state index in [2.05, 4.69) is 20.8 Å². The van der Waals surface area contributed by atoms with E-state index in [1.165, 1.54) is 0 Å². The highest BCUT2D eigenvalue weighted by Gasteiger charge is 2.05. The summed E-state index contributed by atoms with van der Waals surface area (Å²) in [7, 11) is 0. The molecule has 9 heavy (non-hydrogen) atoms. The summed E-state index contributed by atoms with van der Waals surface area (Å²) in [5, 5.41) is 0. The average Bonchev–Trinajstić information content (AvgIpc) is 1.82. The van der Waals surface area contributed by atoms with Crippen molar-refractivity contribution >= 4 is 0 Å². The zero-order chi connectivity index (χ0) is 7.28. The first-order valence-corrected chi connectivity index (χ1v) is 3.55. The van der Waals surface area contributed by atoms with Crippen molar-refractivity contribution in [2.24, 2.45) is 11.7 Å². The lowest BCUT2D eigenvalue weighted by Crippen LogP contribution is -2.29. The maximum Gasteiger partial charge on any atom is 0.107 e. The van der Waals surface area contributed by atoms with Gasteiger partial charge in [-0.15, -0.1) is 0 Å². The van der Waals surface area contributed by atoms with E-state index in [9.17, 15) is 0 Å². The van der Waals surface area contributed by atoms with E-state index in [0.29, 0.717) is 5.92 Å². The molecule has 0 bridgehead atoms. The summed E-state index contributed by atoms with van der Waals surface area (Å²) in [6, 6.07) is 0. The van der Waals surface area contributed by atoms with Gasteiger partial charge in [-0.05, 0) is 12.3 Å². The molecule has 2 heteroatoms. The van der Waals surface area contributed by atoms with Gasteiger partial charge in [0.25, 0.3) is 0 Å². The molecule has 0 aliphatic carbocycles. The fourth-order valence-electron chi connectivity index (χ4n) is 0.446. The monoisotopic (exact) mass is 131 g/mol. The van der Waals surface area contributed by atoms with Crippen LogP contribution in [0, 0.1) is 5.92 Å². The van der Waals surface area contributed by atoms with E-state index < -0.39 is 0 Å². The lowest BCUT2D eigenvalue weighted by atomic mass is 10.2. The van der Waals surface area contributed by atoms with Gasteiger partial charge in [0.2, 0.25) is 0 Å². The second kappa shape index (κ2) is 4.77. The van der Waals surface area contributed by atoms with Gasteiger partial charge in [-0.1, -0.05) is 20.8 Å². The largest absolute Gasteiger partial charge is 0.363 e. The molecule has 0 aliphatic rings. The highest BCUT2D eigenvalue weighted by molar-refractivity contribution is 4.51. The van der Waals surface area contributed by atoms with Gasteiger partial charge in [-0.2, -0.15) is 0 Å². The van der Waals surface area contributed by atoms with Crippen LogP contribution >= 0.6 is 0 Å². The molecule has 56 valence electrons. The first-order chi connectivity index (χ1) is 4.18. The number of nitrogens with two attached hydrogens (primary N) is 1. The summed E-state index contributed by atoms with van der Waals surface area (Å²) in [4.78, 5) is 0. The standard InChI is InChI=1S/C7H17NO/c1-4-5-9-7(8)6(2)3/h6-7H,4-5,8H2,1-3H3/t7-/m1/s1. The molecule has 0 rings (SSSR count). The lowest BCUT2D eigenvalue weighted by Gasteiger charge is -2.15. The van der Waals surface area contributed by atoms with Crippen molar-refractivity contribution in [3.8, 4) is 0 Å². The van der Waals surface area contributed by atoms with Crippen molar-refractivity contribution in [2.75, 3.05) is 6.61 Å². The van der Waals surface area contributed by atoms with Crippen molar-refractivity contribution in [1.82, 2.24) is 0 Å². The van der Waals surface area contributed by atoms with Gasteiger partial charge in [0, 0.05) is 6.61 Å². The van der Waals surface area contributed by atoms with E-state index >= 15 is 0 Å². The fourth-order valence-corrected chi connectivity index (χ4v) is 0.446. The van der Waals surface area contributed by atoms with Crippen LogP contribution in [-0.4, -0.2) is 12.8 Å². The Balaban J connectivity index is 3.16. The highest BCUT2D eigenvalue weighted by Crippen LogP contribution is 1.99. The smallest absolute Gasteiger partial charge is 0.107 e. The third-order valence-electron chi connectivity index (χ3n) is 1.17. The normalized spacial score (nSPS) is 14.3. The predicted octanol–water partition coefficient (Wildman–Crippen LogP) is 1.35. The van der Waals surface area contributed by atoms with Crippen molar-refractivity contribution in [3.63, 3.8) is 0 Å². The van der Waals surface area contributed by atoms with Crippen molar-refractivity contribution < 1.29 is 4.74 Å². The second-order valence-electron chi connectivity index (χ2n) is 2.58. The Hall–Kier alpha value is -0.0800. The Labute approximate surface area is 57.4 Å². The van der Waals surface area contributed by atoms with Gasteiger partial charge in [0.05, 0.1) is 0 Å². The molecule has 0 unspecified atom stereocenters. The molecule has 0 fully saturated rings. The fraction of sp³-hybridized carbons (Fsp3) is 1.00. The molecule has 0 saturated heterocycles. The lowest BCUT2D eigenvalue weighted by molar-refractivity contribution is 0.0274. The zero-order valence-corrected chi connectivity index (χ0v) is 6.55. The van der Waals surface area contributed by atoms with Crippen LogP contribution in [0.4, 0.5) is 0 Å². The molecule has 0 radical (unpaired) electrons. The SMILES string of the molecule is CCCO[C@@H](N)C(C)C. The minimum atomic E-state index is -0.0788. The molecule has 0 spiro atoms. The van der Waals surface area contributed by atoms with Crippen LogP contribution in [0.5, 0.6) is 0 Å². The molecular weight excluding hydrogens is 114 g/mol. The van der Waals surface area contributed by atoms with Crippen LogP contribution in [0.15, 0.2) is 0 Å². The topological polar surface area (TPSA) is 35.2 Å². The number of hydrogen-bond acceptors (Lipinski definition) is 2. The summed E-state index contributed by atoms with van der Waals surface area (Å²) >= 11 is 0. The Morgan fingerprint density at radius 1 is 1.44 bits per heavy atom. The van der Waals surface area contributed by atoms with Crippen LogP contribution in [0.2, 0.25) is 0 Å². The number of ether oxygens (including phenoxy) is 1. The van der Waals surface area contributed by atoms with Crippen LogP contribution in [0.1, 0.15) is 27.2 Å². The molecule has 0 aromatic heterocycles. The van der Waals surface area contributed by atoms with Crippen LogP contribution in [-0.2, 0) is 4.74 Å². The minimum absolute atomic E-state index is 0.0788. The molecule has 2 N–H and O–H groups in total. The quantitative estimate of drug-likeness (QED) is 0.584. The third kappa shape index (κ3) is 4.43. The second-order valence-corrected chi connectivity index (χ2v) is 2.58. The molecule has 0 heterocycles. The molecule has 0 amide bonds. The maximum absolute atomic E-state index is 5.58. The Bertz CT molecular complexity index is 63.9. The summed E-state index contributed by atoms with van der Waals surface area (Å²) in [6.07, 6.45) is 0.963. The first kappa shape index (κ1) is 8.92. The number of rotatable bonds is 4. The van der Waals surface area contributed by atoms with E-state index in [-0.39, 0.29) is 6.23 Å². The Morgan fingerprint density at radius 3 is 2.33 bits per heavy atom. The van der Waals surface area contributed by atoms with Gasteiger partial charge in [0.1, 0.15) is 6.23 Å². The summed E-state index contributed by atoms with van der Waals surface area (Å²) < 4.78 is 5.23. The van der Waals surface area contributed by atoms with Gasteiger partial charge >= 0.3 is 0 Å². The molecule has 0 aliphatic heterocycles. The highest BCUT2D eigenvalue weighted by atomic mass is 16.5. The molecular formula is C7H17NO. The van der Waals surface area contributed by atoms with Crippen LogP contribution in [0.3, 0.4) is 0 Å².